The number of aromatic amines is 1. The maximum absolute atomic E-state index is 14.9. The molecule has 0 amide bonds. The lowest BCUT2D eigenvalue weighted by molar-refractivity contribution is 0.0306. The summed E-state index contributed by atoms with van der Waals surface area (Å²) in [5.41, 5.74) is -0.305. The summed E-state index contributed by atoms with van der Waals surface area (Å²) in [6.45, 7) is 0.932. The van der Waals surface area contributed by atoms with Crippen LogP contribution in [0.2, 0.25) is 0 Å². The number of H-pyrrole nitrogens is 1. The number of halogens is 2. The summed E-state index contributed by atoms with van der Waals surface area (Å²) in [6, 6.07) is 1.04. The molecule has 146 valence electrons. The van der Waals surface area contributed by atoms with E-state index < -0.39 is 41.9 Å². The highest BCUT2D eigenvalue weighted by Crippen LogP contribution is 2.39. The number of benzene rings is 1. The maximum Gasteiger partial charge on any atom is 0.329 e. The van der Waals surface area contributed by atoms with Gasteiger partial charge in [0.1, 0.15) is 12.0 Å². The van der Waals surface area contributed by atoms with E-state index in [1.165, 1.54) is 9.47 Å². The molecule has 2 fully saturated rings. The molecule has 4 rings (SSSR count). The SMILES string of the molecule is Cc1c(N2CC(F)C(C(O)CO)C2)c(F)cc2c(=O)[nH]c(=O)n(C3CC3)c12. The van der Waals surface area contributed by atoms with Gasteiger partial charge in [0.25, 0.3) is 5.56 Å². The van der Waals surface area contributed by atoms with Gasteiger partial charge in [0.05, 0.1) is 29.3 Å². The molecule has 1 aliphatic carbocycles. The van der Waals surface area contributed by atoms with Crippen molar-refractivity contribution in [3.05, 3.63) is 38.3 Å². The molecular weight excluding hydrogens is 360 g/mol. The average molecular weight is 381 g/mol. The summed E-state index contributed by atoms with van der Waals surface area (Å²) in [7, 11) is 0. The van der Waals surface area contributed by atoms with Crippen molar-refractivity contribution < 1.29 is 19.0 Å². The van der Waals surface area contributed by atoms with Crippen LogP contribution in [0.4, 0.5) is 14.5 Å². The molecule has 1 saturated heterocycles. The van der Waals surface area contributed by atoms with Crippen LogP contribution in [0.1, 0.15) is 24.4 Å². The molecule has 3 N–H and O–H groups in total. The molecule has 0 spiro atoms. The van der Waals surface area contributed by atoms with Crippen LogP contribution in [0.5, 0.6) is 0 Å². The Kier molecular flexibility index (Phi) is 4.31. The van der Waals surface area contributed by atoms with E-state index in [9.17, 15) is 23.5 Å². The van der Waals surface area contributed by atoms with Crippen molar-refractivity contribution in [1.82, 2.24) is 9.55 Å². The van der Waals surface area contributed by atoms with Gasteiger partial charge >= 0.3 is 5.69 Å². The predicted molar refractivity (Wildman–Crippen MR) is 95.5 cm³/mol. The summed E-state index contributed by atoms with van der Waals surface area (Å²) in [5, 5.41) is 19.0. The average Bonchev–Trinajstić information content (AvgIpc) is 3.37. The molecule has 1 aliphatic heterocycles. The minimum Gasteiger partial charge on any atom is -0.394 e. The molecule has 1 aromatic heterocycles. The lowest BCUT2D eigenvalue weighted by Crippen LogP contribution is -2.32. The number of anilines is 1. The molecule has 2 aromatic rings. The molecule has 1 saturated carbocycles. The number of rotatable bonds is 4. The van der Waals surface area contributed by atoms with Crippen LogP contribution in [0.25, 0.3) is 10.9 Å². The van der Waals surface area contributed by atoms with Crippen molar-refractivity contribution in [2.24, 2.45) is 5.92 Å². The smallest absolute Gasteiger partial charge is 0.329 e. The first-order chi connectivity index (χ1) is 12.8. The van der Waals surface area contributed by atoms with Gasteiger partial charge in [0.15, 0.2) is 0 Å². The zero-order valence-corrected chi connectivity index (χ0v) is 14.8. The highest BCUT2D eigenvalue weighted by Gasteiger charge is 2.39. The summed E-state index contributed by atoms with van der Waals surface area (Å²) < 4.78 is 30.7. The molecule has 1 aromatic carbocycles. The minimum atomic E-state index is -1.42. The topological polar surface area (TPSA) is 98.6 Å². The van der Waals surface area contributed by atoms with Crippen LogP contribution in [-0.2, 0) is 0 Å². The normalized spacial score (nSPS) is 24.0. The number of nitrogens with one attached hydrogen (secondary N) is 1. The number of hydrogen-bond acceptors (Lipinski definition) is 5. The van der Waals surface area contributed by atoms with E-state index in [0.29, 0.717) is 11.1 Å². The Morgan fingerprint density at radius 1 is 1.33 bits per heavy atom. The molecule has 2 aliphatic rings. The maximum atomic E-state index is 14.9. The third-order valence-corrected chi connectivity index (χ3v) is 5.59. The number of fused-ring (bicyclic) bond motifs is 1. The number of aromatic nitrogens is 2. The zero-order chi connectivity index (χ0) is 19.5. The molecular formula is C18H21F2N3O4. The van der Waals surface area contributed by atoms with Crippen LogP contribution < -0.4 is 16.1 Å². The second-order valence-electron chi connectivity index (χ2n) is 7.42. The van der Waals surface area contributed by atoms with Crippen LogP contribution >= 0.6 is 0 Å². The highest BCUT2D eigenvalue weighted by atomic mass is 19.1. The van der Waals surface area contributed by atoms with E-state index >= 15 is 0 Å². The van der Waals surface area contributed by atoms with Gasteiger partial charge < -0.3 is 15.1 Å². The van der Waals surface area contributed by atoms with E-state index in [2.05, 4.69) is 4.98 Å². The second kappa shape index (κ2) is 6.42. The first kappa shape index (κ1) is 18.1. The van der Waals surface area contributed by atoms with Crippen LogP contribution in [0.15, 0.2) is 15.7 Å². The van der Waals surface area contributed by atoms with E-state index in [-0.39, 0.29) is 30.2 Å². The standard InChI is InChI=1S/C18H21F2N3O4/c1-8-15-10(17(26)21-18(27)23(15)9-2-3-9)4-12(19)16(8)22-5-11(13(20)6-22)14(25)7-24/h4,9,11,13-14,24-25H,2-3,5-7H2,1H3,(H,21,26,27). The van der Waals surface area contributed by atoms with Gasteiger partial charge in [-0.25, -0.2) is 13.6 Å². The summed E-state index contributed by atoms with van der Waals surface area (Å²) in [4.78, 5) is 28.2. The van der Waals surface area contributed by atoms with Gasteiger partial charge in [0.2, 0.25) is 0 Å². The molecule has 27 heavy (non-hydrogen) atoms. The number of alkyl halides is 1. The Balaban J connectivity index is 1.89. The van der Waals surface area contributed by atoms with Crippen LogP contribution in [0.3, 0.4) is 0 Å². The van der Waals surface area contributed by atoms with Crippen LogP contribution in [0, 0.1) is 18.7 Å². The molecule has 3 atom stereocenters. The van der Waals surface area contributed by atoms with Crippen LogP contribution in [-0.4, -0.2) is 51.7 Å². The number of aliphatic hydroxyl groups is 2. The van der Waals surface area contributed by atoms with Gasteiger partial charge in [0, 0.05) is 30.6 Å². The summed E-state index contributed by atoms with van der Waals surface area (Å²) >= 11 is 0. The largest absolute Gasteiger partial charge is 0.394 e. The number of aliphatic hydroxyl groups excluding tert-OH is 2. The fourth-order valence-electron chi connectivity index (χ4n) is 4.11. The van der Waals surface area contributed by atoms with Crippen molar-refractivity contribution in [1.29, 1.82) is 0 Å². The Morgan fingerprint density at radius 3 is 2.67 bits per heavy atom. The predicted octanol–water partition coefficient (Wildman–Crippen LogP) is 0.600. The number of hydrogen-bond donors (Lipinski definition) is 3. The van der Waals surface area contributed by atoms with E-state index in [0.717, 1.165) is 18.9 Å². The fraction of sp³-hybridized carbons (Fsp3) is 0.556. The number of aryl methyl sites for hydroxylation is 1. The third-order valence-electron chi connectivity index (χ3n) is 5.59. The van der Waals surface area contributed by atoms with Gasteiger partial charge in [-0.2, -0.15) is 0 Å². The van der Waals surface area contributed by atoms with E-state index in [1.54, 1.807) is 6.92 Å². The quantitative estimate of drug-likeness (QED) is 0.721. The Bertz CT molecular complexity index is 1010. The van der Waals surface area contributed by atoms with Gasteiger partial charge in [-0.1, -0.05) is 0 Å². The lowest BCUT2D eigenvalue weighted by atomic mass is 10.0. The Labute approximate surface area is 152 Å². The molecule has 3 unspecified atom stereocenters. The fourth-order valence-corrected chi connectivity index (χ4v) is 4.11. The summed E-state index contributed by atoms with van der Waals surface area (Å²) in [6.07, 6.45) is -1.06. The lowest BCUT2D eigenvalue weighted by Gasteiger charge is -2.24. The Hall–Kier alpha value is -2.26. The first-order valence-corrected chi connectivity index (χ1v) is 8.99. The van der Waals surface area contributed by atoms with E-state index in [1.807, 2.05) is 0 Å². The Morgan fingerprint density at radius 2 is 2.04 bits per heavy atom. The van der Waals surface area contributed by atoms with Crippen molar-refractivity contribution >= 4 is 16.6 Å². The number of nitrogens with zero attached hydrogens (tertiary/aromatic N) is 2. The monoisotopic (exact) mass is 381 g/mol. The molecule has 0 radical (unpaired) electrons. The molecule has 9 heteroatoms. The van der Waals surface area contributed by atoms with Gasteiger partial charge in [-0.05, 0) is 25.8 Å². The molecule has 7 nitrogen and oxygen atoms in total. The van der Waals surface area contributed by atoms with E-state index in [4.69, 9.17) is 5.11 Å². The zero-order valence-electron chi connectivity index (χ0n) is 14.8. The summed E-state index contributed by atoms with van der Waals surface area (Å²) in [5.74, 6) is -1.52. The minimum absolute atomic E-state index is 0.0308. The van der Waals surface area contributed by atoms with Gasteiger partial charge in [-0.3, -0.25) is 14.3 Å². The first-order valence-electron chi connectivity index (χ1n) is 8.99. The molecule has 0 bridgehead atoms. The van der Waals surface area contributed by atoms with Crippen molar-refractivity contribution in [2.75, 3.05) is 24.6 Å². The second-order valence-corrected chi connectivity index (χ2v) is 7.42. The van der Waals surface area contributed by atoms with Crippen molar-refractivity contribution in [2.45, 2.75) is 38.1 Å². The van der Waals surface area contributed by atoms with Crippen molar-refractivity contribution in [3.63, 3.8) is 0 Å². The molecule has 2 heterocycles. The van der Waals surface area contributed by atoms with Gasteiger partial charge in [-0.15, -0.1) is 0 Å². The third kappa shape index (κ3) is 2.85. The van der Waals surface area contributed by atoms with Crippen molar-refractivity contribution in [3.8, 4) is 0 Å². The highest BCUT2D eigenvalue weighted by molar-refractivity contribution is 5.87.